The van der Waals surface area contributed by atoms with E-state index in [-0.39, 0.29) is 25.0 Å². The lowest BCUT2D eigenvalue weighted by atomic mass is 10.00. The summed E-state index contributed by atoms with van der Waals surface area (Å²) in [6, 6.07) is 20.0. The van der Waals surface area contributed by atoms with E-state index in [0.29, 0.717) is 32.3 Å². The number of benzene rings is 3. The number of hydrogen-bond donors (Lipinski definition) is 2. The molecule has 194 valence electrons. The number of carbonyl (C=O) groups excluding carboxylic acids is 1. The Bertz CT molecular complexity index is 1490. The monoisotopic (exact) mass is 586 g/mol. The Morgan fingerprint density at radius 3 is 2.11 bits per heavy atom. The number of ketones is 1. The number of nitrogens with one attached hydrogen (secondary N) is 1. The Morgan fingerprint density at radius 1 is 0.763 bits per heavy atom. The number of hydrogen-bond acceptors (Lipinski definition) is 4. The molecule has 1 aromatic heterocycles. The van der Waals surface area contributed by atoms with E-state index in [4.69, 9.17) is 51.5 Å². The maximum Gasteiger partial charge on any atom is 0.303 e. The Morgan fingerprint density at radius 2 is 1.45 bits per heavy atom. The molecular formula is C29H22Cl4N2O3. The van der Waals surface area contributed by atoms with Crippen molar-refractivity contribution in [3.8, 4) is 22.3 Å². The van der Waals surface area contributed by atoms with Gasteiger partial charge in [0.1, 0.15) is 5.69 Å². The number of aliphatic carboxylic acids is 1. The van der Waals surface area contributed by atoms with Crippen molar-refractivity contribution in [1.82, 2.24) is 4.98 Å². The minimum Gasteiger partial charge on any atom is -0.481 e. The molecule has 0 fully saturated rings. The second kappa shape index (κ2) is 12.6. The summed E-state index contributed by atoms with van der Waals surface area (Å²) in [6.07, 6.45) is 1.99. The lowest BCUT2D eigenvalue weighted by Crippen LogP contribution is -2.04. The molecule has 3 aromatic carbocycles. The van der Waals surface area contributed by atoms with Crippen LogP contribution in [0.15, 0.2) is 72.9 Å². The van der Waals surface area contributed by atoms with Crippen molar-refractivity contribution in [1.29, 1.82) is 0 Å². The SMILES string of the molecule is O=C(O)CCCC(=O)c1ccc(-c2cc(Cl)ccc2CNc2ccc(-c3ccc(Cl)cc3Cl)c(Cl)c2)cn1. The molecule has 38 heavy (non-hydrogen) atoms. The van der Waals surface area contributed by atoms with Gasteiger partial charge in [-0.25, -0.2) is 0 Å². The maximum absolute atomic E-state index is 12.3. The number of halogens is 4. The molecule has 0 atom stereocenters. The van der Waals surface area contributed by atoms with Gasteiger partial charge in [-0.15, -0.1) is 0 Å². The van der Waals surface area contributed by atoms with Crippen LogP contribution in [0.3, 0.4) is 0 Å². The van der Waals surface area contributed by atoms with Crippen LogP contribution in [0.1, 0.15) is 35.3 Å². The van der Waals surface area contributed by atoms with Gasteiger partial charge in [-0.2, -0.15) is 0 Å². The van der Waals surface area contributed by atoms with E-state index in [1.165, 1.54) is 0 Å². The number of anilines is 1. The van der Waals surface area contributed by atoms with Crippen LogP contribution in [0.25, 0.3) is 22.3 Å². The molecule has 1 heterocycles. The van der Waals surface area contributed by atoms with Crippen LogP contribution >= 0.6 is 46.4 Å². The molecule has 4 rings (SSSR count). The molecule has 4 aromatic rings. The van der Waals surface area contributed by atoms with Crippen LogP contribution in [-0.2, 0) is 11.3 Å². The molecule has 0 aliphatic rings. The predicted octanol–water partition coefficient (Wildman–Crippen LogP) is 9.08. The van der Waals surface area contributed by atoms with Crippen molar-refractivity contribution in [2.24, 2.45) is 0 Å². The number of Topliss-reactive ketones (excluding diaryl/α,β-unsaturated/α-hetero) is 1. The quantitative estimate of drug-likeness (QED) is 0.181. The highest BCUT2D eigenvalue weighted by Gasteiger charge is 2.13. The third-order valence-electron chi connectivity index (χ3n) is 5.90. The second-order valence-corrected chi connectivity index (χ2v) is 10.3. The third kappa shape index (κ3) is 7.06. The van der Waals surface area contributed by atoms with Crippen molar-refractivity contribution >= 4 is 63.8 Å². The van der Waals surface area contributed by atoms with Gasteiger partial charge >= 0.3 is 5.97 Å². The first-order valence-corrected chi connectivity index (χ1v) is 13.2. The molecular weight excluding hydrogens is 566 g/mol. The van der Waals surface area contributed by atoms with Gasteiger partial charge in [-0.3, -0.25) is 14.6 Å². The number of rotatable bonds is 10. The third-order valence-corrected chi connectivity index (χ3v) is 7.00. The zero-order valence-electron chi connectivity index (χ0n) is 20.0. The molecule has 0 aliphatic heterocycles. The number of pyridine rings is 1. The lowest BCUT2D eigenvalue weighted by Gasteiger charge is -2.14. The Balaban J connectivity index is 1.49. The van der Waals surface area contributed by atoms with Crippen LogP contribution in [0.2, 0.25) is 20.1 Å². The van der Waals surface area contributed by atoms with Crippen LogP contribution in [-0.4, -0.2) is 21.8 Å². The molecule has 0 unspecified atom stereocenters. The minimum atomic E-state index is -0.924. The van der Waals surface area contributed by atoms with Crippen molar-refractivity contribution in [3.05, 3.63) is 104 Å². The molecule has 0 bridgehead atoms. The Kier molecular flexibility index (Phi) is 9.29. The number of carbonyl (C=O) groups is 2. The molecule has 9 heteroatoms. The van der Waals surface area contributed by atoms with Crippen molar-refractivity contribution in [3.63, 3.8) is 0 Å². The summed E-state index contributed by atoms with van der Waals surface area (Å²) in [5, 5.41) is 14.3. The standard InChI is InChI=1S/C29H22Cl4N2O3/c30-19-6-4-17(24(12-19)18-5-11-27(35-16-18)28(36)2-1-3-29(37)38)15-34-21-8-10-23(26(33)14-21)22-9-7-20(31)13-25(22)32/h4-14,16,34H,1-3,15H2,(H,37,38). The second-order valence-electron chi connectivity index (χ2n) is 8.58. The highest BCUT2D eigenvalue weighted by atomic mass is 35.5. The zero-order chi connectivity index (χ0) is 27.2. The van der Waals surface area contributed by atoms with E-state index >= 15 is 0 Å². The van der Waals surface area contributed by atoms with Gasteiger partial charge in [0.25, 0.3) is 0 Å². The highest BCUT2D eigenvalue weighted by molar-refractivity contribution is 6.38. The fourth-order valence-corrected chi connectivity index (χ4v) is 4.93. The first-order valence-electron chi connectivity index (χ1n) is 11.7. The van der Waals surface area contributed by atoms with Crippen LogP contribution in [0.5, 0.6) is 0 Å². The molecule has 5 nitrogen and oxygen atoms in total. The fraction of sp³-hybridized carbons (Fsp3) is 0.138. The number of nitrogens with zero attached hydrogens (tertiary/aromatic N) is 1. The van der Waals surface area contributed by atoms with E-state index in [9.17, 15) is 9.59 Å². The van der Waals surface area contributed by atoms with Gasteiger partial charge in [-0.1, -0.05) is 70.7 Å². The van der Waals surface area contributed by atoms with Crippen molar-refractivity contribution in [2.75, 3.05) is 5.32 Å². The number of carboxylic acid groups (broad SMARTS) is 1. The number of carboxylic acids is 1. The molecule has 0 amide bonds. The highest BCUT2D eigenvalue weighted by Crippen LogP contribution is 2.36. The summed E-state index contributed by atoms with van der Waals surface area (Å²) in [6.45, 7) is 0.486. The number of aromatic nitrogens is 1. The first-order chi connectivity index (χ1) is 18.2. The van der Waals surface area contributed by atoms with Gasteiger partial charge in [0.05, 0.1) is 5.02 Å². The largest absolute Gasteiger partial charge is 0.481 e. The topological polar surface area (TPSA) is 79.3 Å². The summed E-state index contributed by atoms with van der Waals surface area (Å²) in [7, 11) is 0. The molecule has 0 saturated heterocycles. The molecule has 0 spiro atoms. The van der Waals surface area contributed by atoms with Gasteiger partial charge in [-0.05, 0) is 60.0 Å². The van der Waals surface area contributed by atoms with Gasteiger partial charge < -0.3 is 10.4 Å². The van der Waals surface area contributed by atoms with E-state index in [1.54, 1.807) is 24.4 Å². The molecule has 0 radical (unpaired) electrons. The predicted molar refractivity (Wildman–Crippen MR) is 155 cm³/mol. The fourth-order valence-electron chi connectivity index (χ4n) is 3.97. The lowest BCUT2D eigenvalue weighted by molar-refractivity contribution is -0.137. The van der Waals surface area contributed by atoms with Crippen LogP contribution in [0.4, 0.5) is 5.69 Å². The average molecular weight is 588 g/mol. The van der Waals surface area contributed by atoms with E-state index < -0.39 is 5.97 Å². The van der Waals surface area contributed by atoms with Crippen LogP contribution in [0, 0.1) is 0 Å². The smallest absolute Gasteiger partial charge is 0.303 e. The Labute approximate surface area is 240 Å². The normalized spacial score (nSPS) is 10.8. The van der Waals surface area contributed by atoms with E-state index in [0.717, 1.165) is 33.5 Å². The molecule has 0 aliphatic carbocycles. The minimum absolute atomic E-state index is 0.0501. The van der Waals surface area contributed by atoms with Crippen LogP contribution < -0.4 is 5.32 Å². The summed E-state index contributed by atoms with van der Waals surface area (Å²) in [4.78, 5) is 27.3. The first kappa shape index (κ1) is 27.9. The van der Waals surface area contributed by atoms with Crippen molar-refractivity contribution < 1.29 is 14.7 Å². The summed E-state index contributed by atoms with van der Waals surface area (Å²) >= 11 is 25.2. The van der Waals surface area contributed by atoms with Crippen molar-refractivity contribution in [2.45, 2.75) is 25.8 Å². The van der Waals surface area contributed by atoms with Gasteiger partial charge in [0.2, 0.25) is 0 Å². The molecule has 0 saturated carbocycles. The zero-order valence-corrected chi connectivity index (χ0v) is 23.0. The van der Waals surface area contributed by atoms with Gasteiger partial charge in [0, 0.05) is 63.0 Å². The Hall–Kier alpha value is -3.09. The average Bonchev–Trinajstić information content (AvgIpc) is 2.88. The van der Waals surface area contributed by atoms with E-state index in [2.05, 4.69) is 10.3 Å². The summed E-state index contributed by atoms with van der Waals surface area (Å²) in [5.41, 5.74) is 5.37. The maximum atomic E-state index is 12.3. The van der Waals surface area contributed by atoms with Gasteiger partial charge in [0.15, 0.2) is 5.78 Å². The summed E-state index contributed by atoms with van der Waals surface area (Å²) < 4.78 is 0. The molecule has 2 N–H and O–H groups in total. The van der Waals surface area contributed by atoms with E-state index in [1.807, 2.05) is 48.5 Å². The summed E-state index contributed by atoms with van der Waals surface area (Å²) in [5.74, 6) is -1.11.